The highest BCUT2D eigenvalue weighted by atomic mass is 19.1. The molecule has 1 aromatic heterocycles. The number of carbonyl (C=O) groups excluding carboxylic acids is 1. The number of nitrogens with one attached hydrogen (secondary N) is 3. The molecule has 132 valence electrons. The van der Waals surface area contributed by atoms with E-state index in [1.54, 1.807) is 36.4 Å². The maximum absolute atomic E-state index is 13.8. The van der Waals surface area contributed by atoms with E-state index >= 15 is 0 Å². The van der Waals surface area contributed by atoms with Crippen molar-refractivity contribution in [2.75, 3.05) is 16.0 Å². The van der Waals surface area contributed by atoms with Gasteiger partial charge in [0.2, 0.25) is 11.9 Å². The van der Waals surface area contributed by atoms with Crippen LogP contribution in [0, 0.1) is 12.7 Å². The highest BCUT2D eigenvalue weighted by molar-refractivity contribution is 5.89. The smallest absolute Gasteiger partial charge is 0.229 e. The second-order valence-electron chi connectivity index (χ2n) is 5.71. The number of para-hydroxylation sites is 1. The van der Waals surface area contributed by atoms with Gasteiger partial charge in [-0.3, -0.25) is 4.79 Å². The van der Waals surface area contributed by atoms with Crippen molar-refractivity contribution >= 4 is 34.7 Å². The molecule has 6 nitrogen and oxygen atoms in total. The van der Waals surface area contributed by atoms with Crippen molar-refractivity contribution in [2.24, 2.45) is 0 Å². The minimum absolute atomic E-state index is 0.148. The third-order valence-corrected chi connectivity index (χ3v) is 3.43. The lowest BCUT2D eigenvalue weighted by Gasteiger charge is -2.11. The first-order valence-electron chi connectivity index (χ1n) is 8.01. The highest BCUT2D eigenvalue weighted by Gasteiger charge is 2.07. The Morgan fingerprint density at radius 1 is 0.962 bits per heavy atom. The van der Waals surface area contributed by atoms with E-state index in [2.05, 4.69) is 25.9 Å². The van der Waals surface area contributed by atoms with Gasteiger partial charge in [-0.1, -0.05) is 18.2 Å². The molecule has 0 spiro atoms. The van der Waals surface area contributed by atoms with Gasteiger partial charge in [0.05, 0.1) is 5.69 Å². The molecule has 0 saturated carbocycles. The molecule has 7 heteroatoms. The highest BCUT2D eigenvalue weighted by Crippen LogP contribution is 2.22. The van der Waals surface area contributed by atoms with Gasteiger partial charge in [0.25, 0.3) is 0 Å². The SMILES string of the molecule is CC(=O)Nc1cccc(Nc2nc(C)cc(Nc3ccccc3F)n2)c1. The fourth-order valence-electron chi connectivity index (χ4n) is 2.40. The molecule has 0 radical (unpaired) electrons. The summed E-state index contributed by atoms with van der Waals surface area (Å²) in [5.41, 5.74) is 2.45. The molecule has 0 aliphatic carbocycles. The minimum atomic E-state index is -0.360. The summed E-state index contributed by atoms with van der Waals surface area (Å²) in [5.74, 6) is 0.332. The molecule has 0 aliphatic rings. The third-order valence-electron chi connectivity index (χ3n) is 3.43. The zero-order valence-corrected chi connectivity index (χ0v) is 14.4. The van der Waals surface area contributed by atoms with Gasteiger partial charge >= 0.3 is 0 Å². The largest absolute Gasteiger partial charge is 0.338 e. The van der Waals surface area contributed by atoms with Crippen LogP contribution in [0.15, 0.2) is 54.6 Å². The number of anilines is 5. The fraction of sp³-hybridized carbons (Fsp3) is 0.105. The molecule has 1 heterocycles. The summed E-state index contributed by atoms with van der Waals surface area (Å²) in [7, 11) is 0. The van der Waals surface area contributed by atoms with Crippen molar-refractivity contribution in [2.45, 2.75) is 13.8 Å². The van der Waals surface area contributed by atoms with E-state index in [1.165, 1.54) is 13.0 Å². The number of hydrogen-bond acceptors (Lipinski definition) is 5. The standard InChI is InChI=1S/C19H18FN5O/c1-12-10-18(24-17-9-4-3-8-16(17)20)25-19(21-12)23-15-7-5-6-14(11-15)22-13(2)26/h3-11H,1-2H3,(H,22,26)(H2,21,23,24,25). The first kappa shape index (κ1) is 17.3. The van der Waals surface area contributed by atoms with E-state index in [1.807, 2.05) is 19.1 Å². The average molecular weight is 351 g/mol. The van der Waals surface area contributed by atoms with E-state index in [-0.39, 0.29) is 11.7 Å². The Bertz CT molecular complexity index is 945. The summed E-state index contributed by atoms with van der Waals surface area (Å²) in [5, 5.41) is 8.76. The zero-order chi connectivity index (χ0) is 18.5. The van der Waals surface area contributed by atoms with Crippen LogP contribution < -0.4 is 16.0 Å². The topological polar surface area (TPSA) is 78.9 Å². The molecule has 26 heavy (non-hydrogen) atoms. The summed E-state index contributed by atoms with van der Waals surface area (Å²) >= 11 is 0. The van der Waals surface area contributed by atoms with Crippen molar-refractivity contribution in [1.29, 1.82) is 0 Å². The predicted octanol–water partition coefficient (Wildman–Crippen LogP) is 4.37. The molecule has 0 saturated heterocycles. The number of aryl methyl sites for hydroxylation is 1. The second kappa shape index (κ2) is 7.60. The van der Waals surface area contributed by atoms with E-state index in [0.29, 0.717) is 23.1 Å². The molecule has 0 atom stereocenters. The lowest BCUT2D eigenvalue weighted by molar-refractivity contribution is -0.114. The first-order valence-corrected chi connectivity index (χ1v) is 8.01. The monoisotopic (exact) mass is 351 g/mol. The van der Waals surface area contributed by atoms with Crippen LogP contribution in [0.25, 0.3) is 0 Å². The molecular formula is C19H18FN5O. The maximum atomic E-state index is 13.8. The zero-order valence-electron chi connectivity index (χ0n) is 14.4. The van der Waals surface area contributed by atoms with Crippen molar-refractivity contribution in [3.63, 3.8) is 0 Å². The van der Waals surface area contributed by atoms with Gasteiger partial charge in [0.1, 0.15) is 11.6 Å². The van der Waals surface area contributed by atoms with Crippen molar-refractivity contribution in [1.82, 2.24) is 9.97 Å². The Kier molecular flexibility index (Phi) is 5.07. The fourth-order valence-corrected chi connectivity index (χ4v) is 2.40. The van der Waals surface area contributed by atoms with Gasteiger partial charge in [-0.25, -0.2) is 9.37 Å². The number of amides is 1. The van der Waals surface area contributed by atoms with Gasteiger partial charge in [-0.15, -0.1) is 0 Å². The summed E-state index contributed by atoms with van der Waals surface area (Å²) < 4.78 is 13.8. The molecule has 0 unspecified atom stereocenters. The number of carbonyl (C=O) groups is 1. The van der Waals surface area contributed by atoms with Crippen LogP contribution in [0.3, 0.4) is 0 Å². The number of nitrogens with zero attached hydrogens (tertiary/aromatic N) is 2. The number of halogens is 1. The van der Waals surface area contributed by atoms with Gasteiger partial charge in [-0.05, 0) is 37.3 Å². The summed E-state index contributed by atoms with van der Waals surface area (Å²) in [6, 6.07) is 15.3. The van der Waals surface area contributed by atoms with Crippen LogP contribution in [0.5, 0.6) is 0 Å². The van der Waals surface area contributed by atoms with Crippen LogP contribution in [0.1, 0.15) is 12.6 Å². The number of benzene rings is 2. The minimum Gasteiger partial charge on any atom is -0.338 e. The molecule has 0 fully saturated rings. The second-order valence-corrected chi connectivity index (χ2v) is 5.71. The molecule has 3 N–H and O–H groups in total. The van der Waals surface area contributed by atoms with E-state index < -0.39 is 0 Å². The lowest BCUT2D eigenvalue weighted by atomic mass is 10.2. The molecule has 3 aromatic rings. The van der Waals surface area contributed by atoms with Gasteiger partial charge in [0, 0.05) is 30.1 Å². The normalized spacial score (nSPS) is 10.3. The van der Waals surface area contributed by atoms with E-state index in [0.717, 1.165) is 11.4 Å². The van der Waals surface area contributed by atoms with Gasteiger partial charge < -0.3 is 16.0 Å². The van der Waals surface area contributed by atoms with Gasteiger partial charge in [-0.2, -0.15) is 4.98 Å². The molecule has 2 aromatic carbocycles. The van der Waals surface area contributed by atoms with Crippen molar-refractivity contribution < 1.29 is 9.18 Å². The maximum Gasteiger partial charge on any atom is 0.229 e. The lowest BCUT2D eigenvalue weighted by Crippen LogP contribution is -2.06. The van der Waals surface area contributed by atoms with Crippen LogP contribution in [0.2, 0.25) is 0 Å². The average Bonchev–Trinajstić information content (AvgIpc) is 2.56. The summed E-state index contributed by atoms with van der Waals surface area (Å²) in [4.78, 5) is 19.9. The molecule has 3 rings (SSSR count). The molecule has 0 bridgehead atoms. The van der Waals surface area contributed by atoms with E-state index in [9.17, 15) is 9.18 Å². The van der Waals surface area contributed by atoms with Crippen LogP contribution in [-0.4, -0.2) is 15.9 Å². The van der Waals surface area contributed by atoms with Crippen molar-refractivity contribution in [3.05, 3.63) is 66.1 Å². The third kappa shape index (κ3) is 4.54. The number of rotatable bonds is 5. The Balaban J connectivity index is 1.82. The summed E-state index contributed by atoms with van der Waals surface area (Å²) in [6.07, 6.45) is 0. The van der Waals surface area contributed by atoms with Gasteiger partial charge in [0.15, 0.2) is 0 Å². The van der Waals surface area contributed by atoms with Crippen LogP contribution in [0.4, 0.5) is 33.2 Å². The Hall–Kier alpha value is -3.48. The molecular weight excluding hydrogens is 333 g/mol. The Labute approximate surface area is 150 Å². The Morgan fingerprint density at radius 2 is 1.73 bits per heavy atom. The van der Waals surface area contributed by atoms with Crippen LogP contribution >= 0.6 is 0 Å². The summed E-state index contributed by atoms with van der Waals surface area (Å²) in [6.45, 7) is 3.28. The number of aromatic nitrogens is 2. The first-order chi connectivity index (χ1) is 12.5. The van der Waals surface area contributed by atoms with E-state index in [4.69, 9.17) is 0 Å². The Morgan fingerprint density at radius 3 is 2.50 bits per heavy atom. The predicted molar refractivity (Wildman–Crippen MR) is 100 cm³/mol. The quantitative estimate of drug-likeness (QED) is 0.636. The molecule has 1 amide bonds. The van der Waals surface area contributed by atoms with Crippen molar-refractivity contribution in [3.8, 4) is 0 Å². The molecule has 0 aliphatic heterocycles. The number of hydrogen-bond donors (Lipinski definition) is 3. The van der Waals surface area contributed by atoms with Crippen LogP contribution in [-0.2, 0) is 4.79 Å².